The van der Waals surface area contributed by atoms with Gasteiger partial charge in [0.2, 0.25) is 0 Å². The Labute approximate surface area is 127 Å². The van der Waals surface area contributed by atoms with Crippen LogP contribution < -0.4 is 4.31 Å². The third kappa shape index (κ3) is 2.92. The van der Waals surface area contributed by atoms with Crippen LogP contribution in [0.3, 0.4) is 0 Å². The Morgan fingerprint density at radius 2 is 1.86 bits per heavy atom. The van der Waals surface area contributed by atoms with E-state index in [2.05, 4.69) is 0 Å². The average molecular weight is 316 g/mol. The first-order valence-electron chi connectivity index (χ1n) is 6.18. The van der Waals surface area contributed by atoms with Crippen molar-refractivity contribution in [3.63, 3.8) is 0 Å². The lowest BCUT2D eigenvalue weighted by molar-refractivity contribution is 0.0696. The minimum Gasteiger partial charge on any atom is -0.478 e. The summed E-state index contributed by atoms with van der Waals surface area (Å²) in [6.07, 6.45) is 0. The number of nitrogens with zero attached hydrogens (tertiary/aromatic N) is 2. The largest absolute Gasteiger partial charge is 0.478 e. The summed E-state index contributed by atoms with van der Waals surface area (Å²) in [5.74, 6) is -1.20. The maximum absolute atomic E-state index is 12.6. The van der Waals surface area contributed by atoms with Gasteiger partial charge in [0.25, 0.3) is 10.0 Å². The molecule has 2 aromatic rings. The van der Waals surface area contributed by atoms with Crippen molar-refractivity contribution in [2.75, 3.05) is 11.4 Å². The van der Waals surface area contributed by atoms with Crippen molar-refractivity contribution in [2.45, 2.75) is 4.90 Å². The first-order chi connectivity index (χ1) is 10.4. The lowest BCUT2D eigenvalue weighted by atomic mass is 10.2. The van der Waals surface area contributed by atoms with Crippen LogP contribution in [-0.2, 0) is 10.0 Å². The number of hydrogen-bond donors (Lipinski definition) is 1. The van der Waals surface area contributed by atoms with Crippen LogP contribution in [0.4, 0.5) is 5.69 Å². The van der Waals surface area contributed by atoms with Gasteiger partial charge < -0.3 is 5.11 Å². The highest BCUT2D eigenvalue weighted by molar-refractivity contribution is 7.92. The van der Waals surface area contributed by atoms with Crippen LogP contribution in [0.5, 0.6) is 0 Å². The van der Waals surface area contributed by atoms with Gasteiger partial charge in [-0.3, -0.25) is 4.31 Å². The van der Waals surface area contributed by atoms with E-state index in [4.69, 9.17) is 10.4 Å². The molecule has 0 saturated heterocycles. The molecule has 0 atom stereocenters. The smallest absolute Gasteiger partial charge is 0.335 e. The Kier molecular flexibility index (Phi) is 4.15. The fourth-order valence-electron chi connectivity index (χ4n) is 1.86. The van der Waals surface area contributed by atoms with Gasteiger partial charge in [-0.1, -0.05) is 12.1 Å². The van der Waals surface area contributed by atoms with Gasteiger partial charge in [0.05, 0.1) is 27.8 Å². The molecular weight excluding hydrogens is 304 g/mol. The Morgan fingerprint density at radius 1 is 1.18 bits per heavy atom. The number of carbonyl (C=O) groups is 1. The van der Waals surface area contributed by atoms with Crippen molar-refractivity contribution in [3.05, 3.63) is 59.7 Å². The van der Waals surface area contributed by atoms with Crippen LogP contribution in [-0.4, -0.2) is 26.5 Å². The molecule has 0 saturated carbocycles. The van der Waals surface area contributed by atoms with Crippen LogP contribution in [0.25, 0.3) is 0 Å². The summed E-state index contributed by atoms with van der Waals surface area (Å²) in [5, 5.41) is 17.8. The summed E-state index contributed by atoms with van der Waals surface area (Å²) in [5.41, 5.74) is 0.541. The van der Waals surface area contributed by atoms with Crippen molar-refractivity contribution in [2.24, 2.45) is 0 Å². The highest BCUT2D eigenvalue weighted by Gasteiger charge is 2.22. The molecule has 7 heteroatoms. The zero-order valence-corrected chi connectivity index (χ0v) is 12.4. The van der Waals surface area contributed by atoms with Crippen LogP contribution in [0, 0.1) is 11.3 Å². The molecule has 0 heterocycles. The fraction of sp³-hybridized carbons (Fsp3) is 0.0667. The van der Waals surface area contributed by atoms with Gasteiger partial charge in [0.1, 0.15) is 0 Å². The second kappa shape index (κ2) is 5.87. The number of benzene rings is 2. The lowest BCUT2D eigenvalue weighted by Gasteiger charge is -2.19. The molecular formula is C15H12N2O4S. The SMILES string of the molecule is CN(c1cccc(C#N)c1)S(=O)(=O)c1cccc(C(=O)O)c1. The molecule has 0 bridgehead atoms. The number of hydrogen-bond acceptors (Lipinski definition) is 4. The lowest BCUT2D eigenvalue weighted by Crippen LogP contribution is -2.26. The van der Waals surface area contributed by atoms with E-state index in [0.29, 0.717) is 11.3 Å². The zero-order chi connectivity index (χ0) is 16.3. The van der Waals surface area contributed by atoms with Gasteiger partial charge in [-0.15, -0.1) is 0 Å². The molecule has 0 fully saturated rings. The molecule has 0 amide bonds. The molecule has 2 rings (SSSR count). The Balaban J connectivity index is 2.47. The van der Waals surface area contributed by atoms with E-state index in [9.17, 15) is 13.2 Å². The van der Waals surface area contributed by atoms with Crippen LogP contribution in [0.1, 0.15) is 15.9 Å². The summed E-state index contributed by atoms with van der Waals surface area (Å²) >= 11 is 0. The molecule has 112 valence electrons. The monoisotopic (exact) mass is 316 g/mol. The molecule has 1 N–H and O–H groups in total. The van der Waals surface area contributed by atoms with E-state index in [1.54, 1.807) is 18.2 Å². The van der Waals surface area contributed by atoms with Gasteiger partial charge in [0.15, 0.2) is 0 Å². The molecule has 0 unspecified atom stereocenters. The molecule has 0 aromatic heterocycles. The summed E-state index contributed by atoms with van der Waals surface area (Å²) < 4.78 is 26.1. The summed E-state index contributed by atoms with van der Waals surface area (Å²) in [6, 6.07) is 13.2. The molecule has 0 aliphatic carbocycles. The predicted molar refractivity (Wildman–Crippen MR) is 80.1 cm³/mol. The number of nitriles is 1. The maximum atomic E-state index is 12.6. The molecule has 0 radical (unpaired) electrons. The van der Waals surface area contributed by atoms with Gasteiger partial charge >= 0.3 is 5.97 Å². The Hall–Kier alpha value is -2.85. The van der Waals surface area contributed by atoms with Gasteiger partial charge in [-0.25, -0.2) is 13.2 Å². The van der Waals surface area contributed by atoms with E-state index >= 15 is 0 Å². The fourth-order valence-corrected chi connectivity index (χ4v) is 3.09. The molecule has 6 nitrogen and oxygen atoms in total. The summed E-state index contributed by atoms with van der Waals surface area (Å²) in [6.45, 7) is 0. The van der Waals surface area contributed by atoms with Crippen molar-refractivity contribution in [3.8, 4) is 6.07 Å². The van der Waals surface area contributed by atoms with Gasteiger partial charge in [-0.2, -0.15) is 5.26 Å². The van der Waals surface area contributed by atoms with E-state index in [1.165, 1.54) is 31.3 Å². The molecule has 0 aliphatic rings. The predicted octanol–water partition coefficient (Wildman–Crippen LogP) is 2.08. The maximum Gasteiger partial charge on any atom is 0.335 e. The molecule has 2 aromatic carbocycles. The first-order valence-corrected chi connectivity index (χ1v) is 7.62. The normalized spacial score (nSPS) is 10.7. The minimum absolute atomic E-state index is 0.111. The van der Waals surface area contributed by atoms with Crippen molar-refractivity contribution >= 4 is 21.7 Å². The van der Waals surface area contributed by atoms with E-state index in [0.717, 1.165) is 10.4 Å². The molecule has 0 spiro atoms. The van der Waals surface area contributed by atoms with Crippen LogP contribution in [0.15, 0.2) is 53.4 Å². The average Bonchev–Trinajstić information content (AvgIpc) is 2.54. The quantitative estimate of drug-likeness (QED) is 0.931. The van der Waals surface area contributed by atoms with Crippen molar-refractivity contribution < 1.29 is 18.3 Å². The van der Waals surface area contributed by atoms with Gasteiger partial charge in [0, 0.05) is 7.05 Å². The van der Waals surface area contributed by atoms with Crippen LogP contribution >= 0.6 is 0 Å². The Bertz CT molecular complexity index is 869. The number of carboxylic acids is 1. The third-order valence-electron chi connectivity index (χ3n) is 3.08. The number of sulfonamides is 1. The van der Waals surface area contributed by atoms with Crippen LogP contribution in [0.2, 0.25) is 0 Å². The summed E-state index contributed by atoms with van der Waals surface area (Å²) in [4.78, 5) is 10.8. The first kappa shape index (κ1) is 15.5. The van der Waals surface area contributed by atoms with Gasteiger partial charge in [-0.05, 0) is 36.4 Å². The topological polar surface area (TPSA) is 98.5 Å². The standard InChI is InChI=1S/C15H12N2O4S/c1-17(13-6-2-4-11(8-13)10-16)22(20,21)14-7-3-5-12(9-14)15(18)19/h2-9H,1H3,(H,18,19). The van der Waals surface area contributed by atoms with E-state index in [-0.39, 0.29) is 10.5 Å². The third-order valence-corrected chi connectivity index (χ3v) is 4.86. The number of anilines is 1. The second-order valence-corrected chi connectivity index (χ2v) is 6.44. The van der Waals surface area contributed by atoms with Crippen molar-refractivity contribution in [1.29, 1.82) is 5.26 Å². The number of carboxylic acid groups (broad SMARTS) is 1. The highest BCUT2D eigenvalue weighted by atomic mass is 32.2. The molecule has 22 heavy (non-hydrogen) atoms. The van der Waals surface area contributed by atoms with Crippen molar-refractivity contribution in [1.82, 2.24) is 0 Å². The minimum atomic E-state index is -3.91. The number of aromatic carboxylic acids is 1. The second-order valence-electron chi connectivity index (χ2n) is 4.47. The zero-order valence-electron chi connectivity index (χ0n) is 11.6. The van der Waals surface area contributed by atoms with E-state index in [1.807, 2.05) is 6.07 Å². The summed E-state index contributed by atoms with van der Waals surface area (Å²) in [7, 11) is -2.57. The highest BCUT2D eigenvalue weighted by Crippen LogP contribution is 2.23. The Morgan fingerprint density at radius 3 is 2.50 bits per heavy atom. The van der Waals surface area contributed by atoms with E-state index < -0.39 is 16.0 Å². The molecule has 0 aliphatic heterocycles. The number of rotatable bonds is 4.